The van der Waals surface area contributed by atoms with Crippen molar-refractivity contribution in [2.75, 3.05) is 15.7 Å². The number of aryl methyl sites for hydroxylation is 1. The van der Waals surface area contributed by atoms with Crippen LogP contribution in [-0.2, 0) is 21.2 Å². The third-order valence-electron chi connectivity index (χ3n) is 7.07. The summed E-state index contributed by atoms with van der Waals surface area (Å²) in [6.45, 7) is 4.05. The predicted molar refractivity (Wildman–Crippen MR) is 147 cm³/mol. The number of piperidine rings is 1. The summed E-state index contributed by atoms with van der Waals surface area (Å²) in [5, 5.41) is 2.78. The van der Waals surface area contributed by atoms with E-state index in [-0.39, 0.29) is 28.2 Å². The molecule has 2 unspecified atom stereocenters. The second-order valence-corrected chi connectivity index (χ2v) is 12.4. The number of rotatable bonds is 5. The average Bonchev–Trinajstić information content (AvgIpc) is 3.22. The summed E-state index contributed by atoms with van der Waals surface area (Å²) in [6.07, 6.45) is 1.70. The highest BCUT2D eigenvalue weighted by Gasteiger charge is 2.37. The molecule has 2 heterocycles. The zero-order valence-corrected chi connectivity index (χ0v) is 23.4. The minimum absolute atomic E-state index is 0.0211. The highest BCUT2D eigenvalue weighted by molar-refractivity contribution is 9.10. The molecule has 0 saturated carbocycles. The number of para-hydroxylation sites is 1. The molecular weight excluding hydrogens is 573 g/mol. The number of sulfonamides is 1. The van der Waals surface area contributed by atoms with Crippen LogP contribution in [0.15, 0.2) is 70.0 Å². The molecule has 5 rings (SSSR count). The maximum Gasteiger partial charge on any atom is 0.265 e. The lowest BCUT2D eigenvalue weighted by atomic mass is 10.0. The quantitative estimate of drug-likeness (QED) is 0.449. The van der Waals surface area contributed by atoms with Crippen molar-refractivity contribution in [1.29, 1.82) is 0 Å². The lowest BCUT2D eigenvalue weighted by Crippen LogP contribution is -2.52. The monoisotopic (exact) mass is 599 g/mol. The van der Waals surface area contributed by atoms with Crippen LogP contribution in [0.4, 0.5) is 15.8 Å². The first-order valence-corrected chi connectivity index (χ1v) is 14.6. The molecule has 0 aliphatic carbocycles. The van der Waals surface area contributed by atoms with Crippen molar-refractivity contribution < 1.29 is 22.4 Å². The van der Waals surface area contributed by atoms with E-state index >= 15 is 0 Å². The zero-order valence-electron chi connectivity index (χ0n) is 20.9. The summed E-state index contributed by atoms with van der Waals surface area (Å²) in [6, 6.07) is 15.0. The number of anilines is 2. The Bertz CT molecular complexity index is 1540. The second kappa shape index (κ2) is 10.1. The zero-order chi connectivity index (χ0) is 27.2. The second-order valence-electron chi connectivity index (χ2n) is 9.72. The van der Waals surface area contributed by atoms with Gasteiger partial charge in [-0.05, 0) is 103 Å². The molecule has 1 fully saturated rings. The number of benzene rings is 3. The van der Waals surface area contributed by atoms with E-state index in [4.69, 9.17) is 0 Å². The van der Waals surface area contributed by atoms with E-state index in [0.717, 1.165) is 5.56 Å². The standard InChI is InChI=1S/C28H27BrFN3O4S/c1-17-14-21(30)10-12-24(17)32-13-5-7-23(28(32)35)31-27(34)20-9-11-22(29)26(16-20)38(36,37)33-18(2)15-19-6-3-4-8-25(19)33/h3-4,6,8-12,14,16,18,23H,5,7,13,15H2,1-2H3,(H,31,34). The van der Waals surface area contributed by atoms with E-state index in [2.05, 4.69) is 21.2 Å². The molecule has 198 valence electrons. The van der Waals surface area contributed by atoms with E-state index in [9.17, 15) is 22.4 Å². The molecule has 7 nitrogen and oxygen atoms in total. The van der Waals surface area contributed by atoms with Crippen LogP contribution >= 0.6 is 15.9 Å². The largest absolute Gasteiger partial charge is 0.340 e. The third kappa shape index (κ3) is 4.71. The molecule has 0 aromatic heterocycles. The molecule has 2 atom stereocenters. The molecule has 2 aliphatic heterocycles. The summed E-state index contributed by atoms with van der Waals surface area (Å²) in [5.41, 5.74) is 2.95. The molecule has 0 spiro atoms. The lowest BCUT2D eigenvalue weighted by molar-refractivity contribution is -0.121. The highest BCUT2D eigenvalue weighted by atomic mass is 79.9. The smallest absolute Gasteiger partial charge is 0.265 e. The molecule has 0 bridgehead atoms. The van der Waals surface area contributed by atoms with E-state index in [1.54, 1.807) is 30.0 Å². The number of halogens is 2. The van der Waals surface area contributed by atoms with Gasteiger partial charge in [0, 0.05) is 28.3 Å². The third-order valence-corrected chi connectivity index (χ3v) is 9.99. The van der Waals surface area contributed by atoms with Crippen LogP contribution in [0.1, 0.15) is 41.3 Å². The van der Waals surface area contributed by atoms with Crippen LogP contribution < -0.4 is 14.5 Å². The Kier molecular flexibility index (Phi) is 7.04. The fraction of sp³-hybridized carbons (Fsp3) is 0.286. The Morgan fingerprint density at radius 1 is 1.08 bits per heavy atom. The minimum atomic E-state index is -3.98. The van der Waals surface area contributed by atoms with Crippen LogP contribution in [-0.4, -0.2) is 38.9 Å². The van der Waals surface area contributed by atoms with E-state index in [1.807, 2.05) is 19.1 Å². The van der Waals surface area contributed by atoms with Crippen LogP contribution in [0, 0.1) is 12.7 Å². The van der Waals surface area contributed by atoms with Crippen molar-refractivity contribution in [2.24, 2.45) is 0 Å². The Morgan fingerprint density at radius 2 is 1.84 bits per heavy atom. The predicted octanol–water partition coefficient (Wildman–Crippen LogP) is 4.96. The van der Waals surface area contributed by atoms with Crippen molar-refractivity contribution in [3.8, 4) is 0 Å². The molecule has 10 heteroatoms. The molecule has 1 saturated heterocycles. The molecule has 2 amide bonds. The molecular formula is C28H27BrFN3O4S. The molecule has 2 aliphatic rings. The van der Waals surface area contributed by atoms with Gasteiger partial charge in [0.15, 0.2) is 0 Å². The fourth-order valence-electron chi connectivity index (χ4n) is 5.26. The number of nitrogens with one attached hydrogen (secondary N) is 1. The van der Waals surface area contributed by atoms with Crippen molar-refractivity contribution in [1.82, 2.24) is 5.32 Å². The Balaban J connectivity index is 1.39. The first-order valence-electron chi connectivity index (χ1n) is 12.4. The van der Waals surface area contributed by atoms with Crippen molar-refractivity contribution >= 4 is 49.1 Å². The highest BCUT2D eigenvalue weighted by Crippen LogP contribution is 2.38. The number of fused-ring (bicyclic) bond motifs is 1. The molecule has 0 radical (unpaired) electrons. The summed E-state index contributed by atoms with van der Waals surface area (Å²) < 4.78 is 42.9. The fourth-order valence-corrected chi connectivity index (χ4v) is 7.91. The Morgan fingerprint density at radius 3 is 2.61 bits per heavy atom. The number of hydrogen-bond acceptors (Lipinski definition) is 4. The van der Waals surface area contributed by atoms with E-state index in [1.165, 1.54) is 34.6 Å². The summed E-state index contributed by atoms with van der Waals surface area (Å²) in [4.78, 5) is 28.0. The minimum Gasteiger partial charge on any atom is -0.340 e. The number of nitrogens with zero attached hydrogens (tertiary/aromatic N) is 2. The maximum atomic E-state index is 13.8. The van der Waals surface area contributed by atoms with E-state index < -0.39 is 22.0 Å². The van der Waals surface area contributed by atoms with Gasteiger partial charge in [-0.2, -0.15) is 0 Å². The van der Waals surface area contributed by atoms with Crippen molar-refractivity contribution in [3.05, 3.63) is 87.6 Å². The van der Waals surface area contributed by atoms with Gasteiger partial charge < -0.3 is 10.2 Å². The van der Waals surface area contributed by atoms with Crippen molar-refractivity contribution in [2.45, 2.75) is 50.1 Å². The normalized spacial score (nSPS) is 19.4. The van der Waals surface area contributed by atoms with Gasteiger partial charge in [-0.1, -0.05) is 18.2 Å². The number of carbonyl (C=O) groups is 2. The summed E-state index contributed by atoms with van der Waals surface area (Å²) in [7, 11) is -3.98. The van der Waals surface area contributed by atoms with Crippen LogP contribution in [0.5, 0.6) is 0 Å². The Hall–Kier alpha value is -3.24. The molecule has 1 N–H and O–H groups in total. The first kappa shape index (κ1) is 26.4. The average molecular weight is 601 g/mol. The van der Waals surface area contributed by atoms with Gasteiger partial charge >= 0.3 is 0 Å². The van der Waals surface area contributed by atoms with Crippen LogP contribution in [0.2, 0.25) is 0 Å². The van der Waals surface area contributed by atoms with Crippen LogP contribution in [0.3, 0.4) is 0 Å². The Labute approximate surface area is 229 Å². The number of carbonyl (C=O) groups excluding carboxylic acids is 2. The van der Waals surface area contributed by atoms with Crippen molar-refractivity contribution in [3.63, 3.8) is 0 Å². The van der Waals surface area contributed by atoms with Gasteiger partial charge in [-0.3, -0.25) is 13.9 Å². The van der Waals surface area contributed by atoms with Gasteiger partial charge in [0.25, 0.3) is 15.9 Å². The summed E-state index contributed by atoms with van der Waals surface area (Å²) >= 11 is 3.35. The topological polar surface area (TPSA) is 86.8 Å². The van der Waals surface area contributed by atoms with Gasteiger partial charge in [0.1, 0.15) is 16.8 Å². The van der Waals surface area contributed by atoms with Crippen LogP contribution in [0.25, 0.3) is 0 Å². The number of hydrogen-bond donors (Lipinski definition) is 1. The SMILES string of the molecule is Cc1cc(F)ccc1N1CCCC(NC(=O)c2ccc(Br)c(S(=O)(=O)N3c4ccccc4CC3C)c2)C1=O. The van der Waals surface area contributed by atoms with Gasteiger partial charge in [-0.25, -0.2) is 12.8 Å². The van der Waals surface area contributed by atoms with E-state index in [0.29, 0.717) is 47.2 Å². The number of amides is 2. The summed E-state index contributed by atoms with van der Waals surface area (Å²) in [5.74, 6) is -1.21. The van der Waals surface area contributed by atoms with Gasteiger partial charge in [0.05, 0.1) is 5.69 Å². The first-order chi connectivity index (χ1) is 18.1. The molecule has 3 aromatic rings. The lowest BCUT2D eigenvalue weighted by Gasteiger charge is -2.33. The molecule has 38 heavy (non-hydrogen) atoms. The maximum absolute atomic E-state index is 13.8. The van der Waals surface area contributed by atoms with Gasteiger partial charge in [0.2, 0.25) is 5.91 Å². The molecule has 3 aromatic carbocycles. The van der Waals surface area contributed by atoms with Gasteiger partial charge in [-0.15, -0.1) is 0 Å².